The van der Waals surface area contributed by atoms with Crippen molar-refractivity contribution in [3.05, 3.63) is 68.3 Å². The molecule has 0 saturated carbocycles. The number of rotatable bonds is 5. The van der Waals surface area contributed by atoms with Gasteiger partial charge >= 0.3 is 0 Å². The lowest BCUT2D eigenvalue weighted by Gasteiger charge is -2.09. The van der Waals surface area contributed by atoms with E-state index >= 15 is 0 Å². The highest BCUT2D eigenvalue weighted by molar-refractivity contribution is 6.30. The Morgan fingerprint density at radius 3 is 2.55 bits per heavy atom. The standard InChI is InChI=1S/C22H24ClN5O3.C2H6/c1-12(2)24-20-13(3)22(29)28(14(4)25-20)10-19-26-21(27-31-19)16-9-18(30-11-16)15-5-7-17(23)8-6-15;1-2/h5-8,16,18H,9-11H2,1-4H3;1-2H3/t16-,18+;/m0./s1. The quantitative estimate of drug-likeness (QED) is 0.467. The van der Waals surface area contributed by atoms with E-state index < -0.39 is 0 Å². The zero-order valence-electron chi connectivity index (χ0n) is 19.9. The van der Waals surface area contributed by atoms with Gasteiger partial charge in [0.05, 0.1) is 18.3 Å². The molecule has 176 valence electrons. The lowest BCUT2D eigenvalue weighted by molar-refractivity contribution is 0.110. The highest BCUT2D eigenvalue weighted by Gasteiger charge is 2.31. The molecule has 1 fully saturated rings. The van der Waals surface area contributed by atoms with Crippen molar-refractivity contribution in [2.45, 2.75) is 66.5 Å². The van der Waals surface area contributed by atoms with E-state index in [1.54, 1.807) is 13.8 Å². The van der Waals surface area contributed by atoms with Gasteiger partial charge in [0, 0.05) is 16.7 Å². The Morgan fingerprint density at radius 1 is 1.18 bits per heavy atom. The maximum Gasteiger partial charge on any atom is 0.259 e. The third kappa shape index (κ3) is 5.75. The fourth-order valence-corrected chi connectivity index (χ4v) is 3.73. The number of hydrogen-bond acceptors (Lipinski definition) is 7. The third-order valence-corrected chi connectivity index (χ3v) is 5.52. The molecule has 4 rings (SSSR count). The first-order valence-electron chi connectivity index (χ1n) is 11.1. The van der Waals surface area contributed by atoms with E-state index in [0.29, 0.717) is 40.6 Å². The molecule has 0 aliphatic carbocycles. The number of aryl methyl sites for hydroxylation is 1. The Morgan fingerprint density at radius 2 is 1.88 bits per heavy atom. The molecule has 8 nitrogen and oxygen atoms in total. The van der Waals surface area contributed by atoms with Gasteiger partial charge in [-0.05, 0) is 51.8 Å². The van der Waals surface area contributed by atoms with Crippen molar-refractivity contribution in [3.63, 3.8) is 0 Å². The summed E-state index contributed by atoms with van der Waals surface area (Å²) >= 11 is 5.97. The number of nitrogens with zero attached hydrogens (tertiary/aromatic N) is 5. The van der Waals surface area contributed by atoms with Crippen LogP contribution in [0.2, 0.25) is 5.02 Å². The molecule has 0 radical (unpaired) electrons. The van der Waals surface area contributed by atoms with Gasteiger partial charge in [0.2, 0.25) is 5.89 Å². The van der Waals surface area contributed by atoms with Gasteiger partial charge in [-0.2, -0.15) is 4.98 Å². The molecule has 0 amide bonds. The van der Waals surface area contributed by atoms with Crippen molar-refractivity contribution in [1.82, 2.24) is 19.7 Å². The Balaban J connectivity index is 0.00000149. The normalized spacial score (nSPS) is 17.4. The molecule has 9 heteroatoms. The van der Waals surface area contributed by atoms with Gasteiger partial charge < -0.3 is 9.26 Å². The molecule has 0 N–H and O–H groups in total. The molecule has 1 aliphatic rings. The summed E-state index contributed by atoms with van der Waals surface area (Å²) in [5, 5.41) is 4.83. The van der Waals surface area contributed by atoms with E-state index in [1.807, 2.05) is 52.0 Å². The van der Waals surface area contributed by atoms with Gasteiger partial charge in [-0.25, -0.2) is 9.98 Å². The summed E-state index contributed by atoms with van der Waals surface area (Å²) < 4.78 is 12.9. The fraction of sp³-hybridized carbons (Fsp3) is 0.458. The van der Waals surface area contributed by atoms with E-state index in [9.17, 15) is 4.79 Å². The van der Waals surface area contributed by atoms with Crippen LogP contribution in [0.1, 0.15) is 74.8 Å². The minimum atomic E-state index is -0.167. The van der Waals surface area contributed by atoms with Gasteiger partial charge in [-0.3, -0.25) is 9.36 Å². The van der Waals surface area contributed by atoms with Crippen LogP contribution in [0.3, 0.4) is 0 Å². The summed E-state index contributed by atoms with van der Waals surface area (Å²) in [7, 11) is 0. The van der Waals surface area contributed by atoms with Crippen molar-refractivity contribution >= 4 is 23.1 Å². The second kappa shape index (κ2) is 10.9. The fourth-order valence-electron chi connectivity index (χ4n) is 3.60. The van der Waals surface area contributed by atoms with Crippen LogP contribution in [0.5, 0.6) is 0 Å². The van der Waals surface area contributed by atoms with Crippen LogP contribution in [0.15, 0.2) is 38.6 Å². The molecule has 1 aliphatic heterocycles. The summed E-state index contributed by atoms with van der Waals surface area (Å²) in [5.74, 6) is 1.97. The smallest absolute Gasteiger partial charge is 0.259 e. The van der Waals surface area contributed by atoms with Crippen LogP contribution < -0.4 is 5.56 Å². The van der Waals surface area contributed by atoms with Gasteiger partial charge in [0.25, 0.3) is 5.56 Å². The molecule has 1 saturated heterocycles. The van der Waals surface area contributed by atoms with Crippen molar-refractivity contribution in [1.29, 1.82) is 0 Å². The Bertz CT molecular complexity index is 1180. The van der Waals surface area contributed by atoms with E-state index in [-0.39, 0.29) is 24.1 Å². The van der Waals surface area contributed by atoms with Crippen LogP contribution in [-0.2, 0) is 11.3 Å². The number of aromatic nitrogens is 4. The largest absolute Gasteiger partial charge is 0.373 e. The lowest BCUT2D eigenvalue weighted by atomic mass is 10.0. The average molecular weight is 472 g/mol. The monoisotopic (exact) mass is 471 g/mol. The molecule has 0 spiro atoms. The summed E-state index contributed by atoms with van der Waals surface area (Å²) in [4.78, 5) is 26.1. The number of halogens is 1. The molecule has 0 unspecified atom stereocenters. The average Bonchev–Trinajstić information content (AvgIpc) is 3.46. The molecule has 2 atom stereocenters. The van der Waals surface area contributed by atoms with Crippen molar-refractivity contribution < 1.29 is 9.26 Å². The van der Waals surface area contributed by atoms with Crippen LogP contribution in [0.25, 0.3) is 0 Å². The van der Waals surface area contributed by atoms with Gasteiger partial charge in [0.15, 0.2) is 11.6 Å². The lowest BCUT2D eigenvalue weighted by Crippen LogP contribution is -2.26. The number of aliphatic imine (C=N–C) groups is 1. The number of ether oxygens (including phenoxy) is 1. The van der Waals surface area contributed by atoms with Crippen molar-refractivity contribution in [2.75, 3.05) is 6.61 Å². The second-order valence-electron chi connectivity index (χ2n) is 7.91. The predicted octanol–water partition coefficient (Wildman–Crippen LogP) is 5.33. The molecule has 1 aromatic carbocycles. The van der Waals surface area contributed by atoms with Crippen molar-refractivity contribution in [2.24, 2.45) is 4.99 Å². The molecule has 3 aromatic rings. The van der Waals surface area contributed by atoms with Crippen LogP contribution in [-0.4, -0.2) is 32.0 Å². The first-order valence-corrected chi connectivity index (χ1v) is 11.5. The second-order valence-corrected chi connectivity index (χ2v) is 8.35. The first kappa shape index (κ1) is 24.8. The topological polar surface area (TPSA) is 95.4 Å². The summed E-state index contributed by atoms with van der Waals surface area (Å²) in [5.41, 5.74) is 2.23. The molecule has 33 heavy (non-hydrogen) atoms. The molecule has 2 aromatic heterocycles. The van der Waals surface area contributed by atoms with E-state index in [1.165, 1.54) is 4.57 Å². The SMILES string of the molecule is CC.CC(C)=Nc1nc(C)n(Cc2nc([C@@H]3CO[C@@H](c4ccc(Cl)cc4)C3)no2)c(=O)c1C. The first-order chi connectivity index (χ1) is 15.8. The Labute approximate surface area is 198 Å². The minimum Gasteiger partial charge on any atom is -0.373 e. The zero-order valence-corrected chi connectivity index (χ0v) is 20.7. The number of hydrogen-bond donors (Lipinski definition) is 0. The molecular weight excluding hydrogens is 442 g/mol. The molecule has 0 bridgehead atoms. The summed E-state index contributed by atoms with van der Waals surface area (Å²) in [6, 6.07) is 7.65. The number of benzene rings is 1. The highest BCUT2D eigenvalue weighted by atomic mass is 35.5. The van der Waals surface area contributed by atoms with Gasteiger partial charge in [0.1, 0.15) is 12.4 Å². The minimum absolute atomic E-state index is 0.0279. The van der Waals surface area contributed by atoms with Gasteiger partial charge in [-0.15, -0.1) is 0 Å². The van der Waals surface area contributed by atoms with Gasteiger partial charge in [-0.1, -0.05) is 42.7 Å². The summed E-state index contributed by atoms with van der Waals surface area (Å²) in [6.07, 6.45) is 0.722. The zero-order chi connectivity index (χ0) is 24.1. The molecule has 3 heterocycles. The van der Waals surface area contributed by atoms with E-state index in [2.05, 4.69) is 20.1 Å². The Hall–Kier alpha value is -2.84. The predicted molar refractivity (Wildman–Crippen MR) is 129 cm³/mol. The van der Waals surface area contributed by atoms with Crippen molar-refractivity contribution in [3.8, 4) is 0 Å². The maximum atomic E-state index is 12.8. The van der Waals surface area contributed by atoms with Crippen LogP contribution in [0, 0.1) is 13.8 Å². The Kier molecular flexibility index (Phi) is 8.15. The van der Waals surface area contributed by atoms with Crippen LogP contribution in [0.4, 0.5) is 5.82 Å². The molecular formula is C24H30ClN5O3. The maximum absolute atomic E-state index is 12.8. The van der Waals surface area contributed by atoms with E-state index in [4.69, 9.17) is 20.9 Å². The van der Waals surface area contributed by atoms with E-state index in [0.717, 1.165) is 17.7 Å². The highest BCUT2D eigenvalue weighted by Crippen LogP contribution is 2.37. The summed E-state index contributed by atoms with van der Waals surface area (Å²) in [6.45, 7) is 11.9. The third-order valence-electron chi connectivity index (χ3n) is 5.27. The van der Waals surface area contributed by atoms with Crippen LogP contribution >= 0.6 is 11.6 Å².